The zero-order chi connectivity index (χ0) is 14.3. The molecular weight excluding hydrogens is 240 g/mol. The van der Waals surface area contributed by atoms with Crippen LogP contribution in [0, 0.1) is 5.92 Å². The van der Waals surface area contributed by atoms with E-state index in [4.69, 9.17) is 0 Å². The second kappa shape index (κ2) is 8.18. The number of hydrogen-bond donors (Lipinski definition) is 0. The molecule has 0 aromatic carbocycles. The Morgan fingerprint density at radius 2 is 2.00 bits per heavy atom. The van der Waals surface area contributed by atoms with Crippen LogP contribution in [0.15, 0.2) is 0 Å². The molecular formula is C15H28N2O2. The maximum atomic E-state index is 12.3. The first-order valence-electron chi connectivity index (χ1n) is 7.62. The fourth-order valence-electron chi connectivity index (χ4n) is 2.59. The Morgan fingerprint density at radius 1 is 1.26 bits per heavy atom. The Balaban J connectivity index is 2.49. The maximum Gasteiger partial charge on any atom is 0.227 e. The summed E-state index contributed by atoms with van der Waals surface area (Å²) in [6.45, 7) is 6.41. The normalized spacial score (nSPS) is 19.3. The van der Waals surface area contributed by atoms with Crippen molar-refractivity contribution in [2.45, 2.75) is 52.4 Å². The van der Waals surface area contributed by atoms with E-state index in [1.54, 1.807) is 0 Å². The summed E-state index contributed by atoms with van der Waals surface area (Å²) in [5, 5.41) is 0. The Kier molecular flexibility index (Phi) is 6.89. The van der Waals surface area contributed by atoms with E-state index in [0.717, 1.165) is 45.2 Å². The lowest BCUT2D eigenvalue weighted by Crippen LogP contribution is -2.46. The van der Waals surface area contributed by atoms with Crippen LogP contribution in [0.4, 0.5) is 0 Å². The van der Waals surface area contributed by atoms with Gasteiger partial charge in [0.1, 0.15) is 0 Å². The molecule has 0 bridgehead atoms. The van der Waals surface area contributed by atoms with Crippen molar-refractivity contribution in [3.8, 4) is 0 Å². The van der Waals surface area contributed by atoms with E-state index in [2.05, 4.69) is 6.92 Å². The van der Waals surface area contributed by atoms with Crippen molar-refractivity contribution in [1.29, 1.82) is 0 Å². The van der Waals surface area contributed by atoms with Crippen LogP contribution in [0.2, 0.25) is 0 Å². The Hall–Kier alpha value is -1.06. The summed E-state index contributed by atoms with van der Waals surface area (Å²) >= 11 is 0. The van der Waals surface area contributed by atoms with Gasteiger partial charge in [0.15, 0.2) is 0 Å². The topological polar surface area (TPSA) is 40.6 Å². The van der Waals surface area contributed by atoms with Gasteiger partial charge in [-0.3, -0.25) is 9.59 Å². The largest absolute Gasteiger partial charge is 0.345 e. The van der Waals surface area contributed by atoms with Gasteiger partial charge < -0.3 is 9.80 Å². The fraction of sp³-hybridized carbons (Fsp3) is 0.867. The van der Waals surface area contributed by atoms with Crippen LogP contribution in [0.5, 0.6) is 0 Å². The monoisotopic (exact) mass is 268 g/mol. The van der Waals surface area contributed by atoms with Gasteiger partial charge in [0.25, 0.3) is 0 Å². The van der Waals surface area contributed by atoms with Crippen LogP contribution >= 0.6 is 0 Å². The molecule has 1 heterocycles. The summed E-state index contributed by atoms with van der Waals surface area (Å²) in [5.41, 5.74) is 0. The van der Waals surface area contributed by atoms with Gasteiger partial charge in [0, 0.05) is 33.1 Å². The van der Waals surface area contributed by atoms with Gasteiger partial charge in [-0.2, -0.15) is 0 Å². The highest BCUT2D eigenvalue weighted by Gasteiger charge is 2.29. The summed E-state index contributed by atoms with van der Waals surface area (Å²) in [7, 11) is 1.88. The molecule has 0 aliphatic carbocycles. The van der Waals surface area contributed by atoms with Gasteiger partial charge in [0.2, 0.25) is 11.8 Å². The van der Waals surface area contributed by atoms with E-state index >= 15 is 0 Å². The molecule has 1 fully saturated rings. The van der Waals surface area contributed by atoms with Crippen molar-refractivity contribution in [3.63, 3.8) is 0 Å². The predicted octanol–water partition coefficient (Wildman–Crippen LogP) is 2.28. The van der Waals surface area contributed by atoms with Gasteiger partial charge >= 0.3 is 0 Å². The molecule has 110 valence electrons. The maximum absolute atomic E-state index is 12.3. The third-order valence-electron chi connectivity index (χ3n) is 3.81. The van der Waals surface area contributed by atoms with E-state index in [9.17, 15) is 9.59 Å². The Labute approximate surface area is 117 Å². The minimum absolute atomic E-state index is 0.0106. The Morgan fingerprint density at radius 3 is 2.63 bits per heavy atom. The van der Waals surface area contributed by atoms with Gasteiger partial charge in [0.05, 0.1) is 5.92 Å². The molecule has 0 radical (unpaired) electrons. The number of carbonyl (C=O) groups is 2. The van der Waals surface area contributed by atoms with E-state index in [1.165, 1.54) is 0 Å². The summed E-state index contributed by atoms with van der Waals surface area (Å²) in [6, 6.07) is 0. The lowest BCUT2D eigenvalue weighted by Gasteiger charge is -2.34. The molecule has 19 heavy (non-hydrogen) atoms. The van der Waals surface area contributed by atoms with E-state index in [-0.39, 0.29) is 17.7 Å². The molecule has 4 nitrogen and oxygen atoms in total. The molecule has 4 heteroatoms. The first kappa shape index (κ1) is 16.0. The molecule has 1 atom stereocenters. The smallest absolute Gasteiger partial charge is 0.227 e. The molecule has 0 aromatic rings. The first-order valence-corrected chi connectivity index (χ1v) is 7.62. The number of likely N-dealkylation sites (tertiary alicyclic amines) is 1. The minimum Gasteiger partial charge on any atom is -0.345 e. The molecule has 0 spiro atoms. The third-order valence-corrected chi connectivity index (χ3v) is 3.81. The standard InChI is InChI=1S/C15H28N2O2/c1-4-6-10-16(3)15(19)13-9-7-11-17(12-13)14(18)8-5-2/h13H,4-12H2,1-3H3. The van der Waals surface area contributed by atoms with E-state index in [1.807, 2.05) is 23.8 Å². The summed E-state index contributed by atoms with van der Waals surface area (Å²) < 4.78 is 0. The quantitative estimate of drug-likeness (QED) is 0.741. The highest BCUT2D eigenvalue weighted by molar-refractivity contribution is 5.81. The van der Waals surface area contributed by atoms with Crippen molar-refractivity contribution in [1.82, 2.24) is 9.80 Å². The van der Waals surface area contributed by atoms with Crippen molar-refractivity contribution >= 4 is 11.8 Å². The minimum atomic E-state index is 0.0106. The highest BCUT2D eigenvalue weighted by atomic mass is 16.2. The van der Waals surface area contributed by atoms with Crippen LogP contribution in [0.3, 0.4) is 0 Å². The van der Waals surface area contributed by atoms with Crippen LogP contribution in [-0.2, 0) is 9.59 Å². The second-order valence-electron chi connectivity index (χ2n) is 5.54. The van der Waals surface area contributed by atoms with Crippen LogP contribution in [0.1, 0.15) is 52.4 Å². The van der Waals surface area contributed by atoms with Gasteiger partial charge in [-0.15, -0.1) is 0 Å². The summed E-state index contributed by atoms with van der Waals surface area (Å²) in [4.78, 5) is 27.9. The zero-order valence-electron chi connectivity index (χ0n) is 12.7. The van der Waals surface area contributed by atoms with Gasteiger partial charge in [-0.25, -0.2) is 0 Å². The van der Waals surface area contributed by atoms with Gasteiger partial charge in [-0.1, -0.05) is 20.3 Å². The molecule has 0 aromatic heterocycles. The third kappa shape index (κ3) is 4.84. The lowest BCUT2D eigenvalue weighted by atomic mass is 9.96. The molecule has 0 N–H and O–H groups in total. The van der Waals surface area contributed by atoms with E-state index < -0.39 is 0 Å². The molecule has 1 rings (SSSR count). The van der Waals surface area contributed by atoms with Crippen molar-refractivity contribution in [3.05, 3.63) is 0 Å². The van der Waals surface area contributed by atoms with Crippen LogP contribution < -0.4 is 0 Å². The number of hydrogen-bond acceptors (Lipinski definition) is 2. The average molecular weight is 268 g/mol. The van der Waals surface area contributed by atoms with Crippen molar-refractivity contribution < 1.29 is 9.59 Å². The lowest BCUT2D eigenvalue weighted by molar-refractivity contribution is -0.140. The molecule has 2 amide bonds. The SMILES string of the molecule is CCCCN(C)C(=O)C1CCCN(C(=O)CCC)C1. The fourth-order valence-corrected chi connectivity index (χ4v) is 2.59. The molecule has 1 aliphatic rings. The highest BCUT2D eigenvalue weighted by Crippen LogP contribution is 2.19. The summed E-state index contributed by atoms with van der Waals surface area (Å²) in [5.74, 6) is 0.426. The number of nitrogens with zero attached hydrogens (tertiary/aromatic N) is 2. The summed E-state index contributed by atoms with van der Waals surface area (Å²) in [6.07, 6.45) is 5.51. The number of unbranched alkanes of at least 4 members (excludes halogenated alkanes) is 1. The van der Waals surface area contributed by atoms with Crippen LogP contribution in [-0.4, -0.2) is 48.3 Å². The van der Waals surface area contributed by atoms with E-state index in [0.29, 0.717) is 13.0 Å². The predicted molar refractivity (Wildman–Crippen MR) is 76.8 cm³/mol. The average Bonchev–Trinajstić information content (AvgIpc) is 2.44. The second-order valence-corrected chi connectivity index (χ2v) is 5.54. The molecule has 1 aliphatic heterocycles. The van der Waals surface area contributed by atoms with Gasteiger partial charge in [-0.05, 0) is 25.7 Å². The number of piperidine rings is 1. The van der Waals surface area contributed by atoms with Crippen LogP contribution in [0.25, 0.3) is 0 Å². The van der Waals surface area contributed by atoms with Crippen molar-refractivity contribution in [2.75, 3.05) is 26.7 Å². The first-order chi connectivity index (χ1) is 9.10. The number of rotatable bonds is 6. The molecule has 1 unspecified atom stereocenters. The molecule has 0 saturated carbocycles. The number of carbonyl (C=O) groups excluding carboxylic acids is 2. The molecule has 1 saturated heterocycles. The number of amides is 2. The Bertz CT molecular complexity index is 305. The zero-order valence-corrected chi connectivity index (χ0v) is 12.7. The van der Waals surface area contributed by atoms with Crippen molar-refractivity contribution in [2.24, 2.45) is 5.92 Å².